The van der Waals surface area contributed by atoms with Crippen LogP contribution < -0.4 is 16.4 Å². The first-order valence-corrected chi connectivity index (χ1v) is 20.0. The van der Waals surface area contributed by atoms with Crippen molar-refractivity contribution in [3.05, 3.63) is 30.5 Å². The number of fused-ring (bicyclic) bond motifs is 1. The molecule has 2 aliphatic heterocycles. The summed E-state index contributed by atoms with van der Waals surface area (Å²) in [7, 11) is 1.64. The SMILES string of the molecule is CCCCOC(=O)CNCC[C@H]1NC[C@H](C)C[C@@H](OC)CCC(=O)[C@@H](C)C(=O)O[C@H](CC)[C@@]2(C)OC(=O)N(CCCCn3cc(-c4cccc(N)c4)nn3)[C@H]12. The van der Waals surface area contributed by atoms with Crippen LogP contribution in [-0.4, -0.2) is 113 Å². The van der Waals surface area contributed by atoms with Crippen molar-refractivity contribution in [3.8, 4) is 11.3 Å². The largest absolute Gasteiger partial charge is 0.465 e. The van der Waals surface area contributed by atoms with E-state index < -0.39 is 35.7 Å². The molecule has 2 saturated heterocycles. The molecular formula is C40H63N7O8. The first-order chi connectivity index (χ1) is 26.4. The van der Waals surface area contributed by atoms with Gasteiger partial charge in [-0.2, -0.15) is 0 Å². The lowest BCUT2D eigenvalue weighted by atomic mass is 9.82. The van der Waals surface area contributed by atoms with Crippen LogP contribution in [0.2, 0.25) is 0 Å². The highest BCUT2D eigenvalue weighted by Crippen LogP contribution is 2.39. The van der Waals surface area contributed by atoms with Crippen LogP contribution in [0.25, 0.3) is 11.3 Å². The molecule has 1 amide bonds. The van der Waals surface area contributed by atoms with Crippen molar-refractivity contribution in [3.63, 3.8) is 0 Å². The number of carbonyl (C=O) groups is 4. The number of rotatable bonds is 16. The fraction of sp³-hybridized carbons (Fsp3) is 0.700. The molecule has 15 nitrogen and oxygen atoms in total. The summed E-state index contributed by atoms with van der Waals surface area (Å²) < 4.78 is 25.2. The lowest BCUT2D eigenvalue weighted by Gasteiger charge is -2.42. The molecule has 7 atom stereocenters. The summed E-state index contributed by atoms with van der Waals surface area (Å²) in [6.07, 6.45) is 5.76. The van der Waals surface area contributed by atoms with E-state index in [0.29, 0.717) is 77.0 Å². The van der Waals surface area contributed by atoms with Gasteiger partial charge in [-0.05, 0) is 89.9 Å². The number of nitrogens with zero attached hydrogens (tertiary/aromatic N) is 4. The van der Waals surface area contributed by atoms with Crippen molar-refractivity contribution < 1.29 is 38.1 Å². The van der Waals surface area contributed by atoms with Crippen LogP contribution in [0.1, 0.15) is 92.4 Å². The van der Waals surface area contributed by atoms with E-state index in [0.717, 1.165) is 24.1 Å². The minimum Gasteiger partial charge on any atom is -0.465 e. The van der Waals surface area contributed by atoms with Gasteiger partial charge in [-0.1, -0.05) is 44.5 Å². The highest BCUT2D eigenvalue weighted by atomic mass is 16.6. The zero-order valence-corrected chi connectivity index (χ0v) is 33.6. The fourth-order valence-electron chi connectivity index (χ4n) is 7.54. The van der Waals surface area contributed by atoms with E-state index >= 15 is 0 Å². The van der Waals surface area contributed by atoms with E-state index in [1.54, 1.807) is 23.6 Å². The van der Waals surface area contributed by atoms with Gasteiger partial charge in [0.05, 0.1) is 31.5 Å². The van der Waals surface area contributed by atoms with Crippen molar-refractivity contribution in [1.29, 1.82) is 0 Å². The predicted octanol–water partition coefficient (Wildman–Crippen LogP) is 4.53. The molecule has 2 fully saturated rings. The van der Waals surface area contributed by atoms with Crippen LogP contribution >= 0.6 is 0 Å². The smallest absolute Gasteiger partial charge is 0.410 e. The number of unbranched alkanes of at least 4 members (excludes halogenated alkanes) is 2. The van der Waals surface area contributed by atoms with Gasteiger partial charge in [0.25, 0.3) is 0 Å². The summed E-state index contributed by atoms with van der Waals surface area (Å²) in [6, 6.07) is 6.61. The lowest BCUT2D eigenvalue weighted by molar-refractivity contribution is -0.169. The van der Waals surface area contributed by atoms with Gasteiger partial charge < -0.3 is 35.3 Å². The van der Waals surface area contributed by atoms with Gasteiger partial charge in [0.2, 0.25) is 0 Å². The van der Waals surface area contributed by atoms with Crippen molar-refractivity contribution >= 4 is 29.5 Å². The summed E-state index contributed by atoms with van der Waals surface area (Å²) in [5, 5.41) is 15.6. The average molecular weight is 770 g/mol. The number of anilines is 1. The summed E-state index contributed by atoms with van der Waals surface area (Å²) in [5.74, 6) is -1.98. The molecular weight excluding hydrogens is 706 g/mol. The number of benzene rings is 1. The zero-order valence-electron chi connectivity index (χ0n) is 33.6. The van der Waals surface area contributed by atoms with Crippen molar-refractivity contribution in [2.24, 2.45) is 11.8 Å². The number of nitrogen functional groups attached to an aromatic ring is 1. The number of ether oxygens (including phenoxy) is 4. The maximum atomic E-state index is 13.9. The first-order valence-electron chi connectivity index (χ1n) is 20.0. The van der Waals surface area contributed by atoms with Gasteiger partial charge in [0.15, 0.2) is 5.60 Å². The minimum absolute atomic E-state index is 0.0617. The number of aromatic nitrogens is 3. The van der Waals surface area contributed by atoms with E-state index in [2.05, 4.69) is 27.9 Å². The van der Waals surface area contributed by atoms with Gasteiger partial charge >= 0.3 is 18.0 Å². The Balaban J connectivity index is 1.57. The summed E-state index contributed by atoms with van der Waals surface area (Å²) in [6.45, 7) is 11.9. The van der Waals surface area contributed by atoms with Gasteiger partial charge in [0.1, 0.15) is 23.5 Å². The number of methoxy groups -OCH3 is 1. The third-order valence-corrected chi connectivity index (χ3v) is 10.8. The van der Waals surface area contributed by atoms with E-state index in [4.69, 9.17) is 24.7 Å². The van der Waals surface area contributed by atoms with E-state index in [9.17, 15) is 19.2 Å². The molecule has 0 radical (unpaired) electrons. The van der Waals surface area contributed by atoms with Crippen LogP contribution in [0.15, 0.2) is 30.5 Å². The number of nitrogens with two attached hydrogens (primary N) is 1. The average Bonchev–Trinajstić information content (AvgIpc) is 3.74. The standard InChI is InChI=1S/C40H63N7O8/c1-7-9-21-53-36(49)25-42-18-17-32-37-40(5,35(8-2)54-38(50)28(4)34(48)16-15-31(52-6)22-27(3)24-43-32)55-39(51)47(37)20-11-10-19-46-26-33(44-45-46)29-13-12-14-30(41)23-29/h12-14,23,26-28,31-32,35,37,42-43H,7-11,15-22,24-25,41H2,1-6H3/t27-,28-,31+,32-,35-,37-,40-/m1/s1. The third kappa shape index (κ3) is 12.2. The molecule has 1 aromatic heterocycles. The Bertz CT molecular complexity index is 1550. The summed E-state index contributed by atoms with van der Waals surface area (Å²) in [5.41, 5.74) is 6.96. The van der Waals surface area contributed by atoms with E-state index in [1.165, 1.54) is 0 Å². The van der Waals surface area contributed by atoms with Crippen LogP contribution in [0, 0.1) is 11.8 Å². The molecule has 0 aliphatic carbocycles. The Morgan fingerprint density at radius 2 is 1.93 bits per heavy atom. The number of esters is 2. The van der Waals surface area contributed by atoms with Crippen molar-refractivity contribution in [1.82, 2.24) is 30.5 Å². The Labute approximate surface area is 325 Å². The maximum Gasteiger partial charge on any atom is 0.410 e. The van der Waals surface area contributed by atoms with Crippen LogP contribution in [0.4, 0.5) is 10.5 Å². The first kappa shape index (κ1) is 43.6. The number of nitrogens with one attached hydrogen (secondary N) is 2. The molecule has 0 spiro atoms. The predicted molar refractivity (Wildman–Crippen MR) is 208 cm³/mol. The highest BCUT2D eigenvalue weighted by molar-refractivity contribution is 5.98. The molecule has 3 heterocycles. The Morgan fingerprint density at radius 1 is 1.15 bits per heavy atom. The molecule has 4 N–H and O–H groups in total. The van der Waals surface area contributed by atoms with Gasteiger partial charge in [-0.25, -0.2) is 4.79 Å². The second-order valence-electron chi connectivity index (χ2n) is 15.2. The molecule has 306 valence electrons. The maximum absolute atomic E-state index is 13.9. The molecule has 2 aliphatic rings. The normalized spacial score (nSPS) is 26.8. The lowest BCUT2D eigenvalue weighted by Crippen LogP contribution is -2.62. The number of amides is 1. The fourth-order valence-corrected chi connectivity index (χ4v) is 7.54. The Morgan fingerprint density at radius 3 is 2.65 bits per heavy atom. The summed E-state index contributed by atoms with van der Waals surface area (Å²) >= 11 is 0. The monoisotopic (exact) mass is 769 g/mol. The minimum atomic E-state index is -1.25. The van der Waals surface area contributed by atoms with Gasteiger partial charge in [-0.15, -0.1) is 5.10 Å². The molecule has 1 aromatic carbocycles. The van der Waals surface area contributed by atoms with E-state index in [-0.39, 0.29) is 42.8 Å². The Hall–Kier alpha value is -4.08. The number of hydrogen-bond donors (Lipinski definition) is 3. The number of hydrogen-bond acceptors (Lipinski definition) is 13. The van der Waals surface area contributed by atoms with Crippen LogP contribution in [-0.2, 0) is 39.9 Å². The van der Waals surface area contributed by atoms with Crippen molar-refractivity contribution in [2.45, 2.75) is 129 Å². The van der Waals surface area contributed by atoms with Gasteiger partial charge in [-0.3, -0.25) is 24.0 Å². The zero-order chi connectivity index (χ0) is 40.0. The topological polar surface area (TPSA) is 189 Å². The quantitative estimate of drug-likeness (QED) is 0.0711. The molecule has 4 rings (SSSR count). The molecule has 0 unspecified atom stereocenters. The molecule has 15 heteroatoms. The highest BCUT2D eigenvalue weighted by Gasteiger charge is 2.58. The molecule has 0 bridgehead atoms. The molecule has 55 heavy (non-hydrogen) atoms. The summed E-state index contributed by atoms with van der Waals surface area (Å²) in [4.78, 5) is 54.7. The van der Waals surface area contributed by atoms with Crippen LogP contribution in [0.3, 0.4) is 0 Å². The number of ketones is 1. The number of aryl methyl sites for hydroxylation is 1. The van der Waals surface area contributed by atoms with Crippen molar-refractivity contribution in [2.75, 3.05) is 45.6 Å². The molecule has 2 aromatic rings. The second kappa shape index (κ2) is 21.3. The number of cyclic esters (lactones) is 1. The molecule has 0 saturated carbocycles. The second-order valence-corrected chi connectivity index (χ2v) is 15.2. The Kier molecular flexibility index (Phi) is 16.9. The number of carbonyl (C=O) groups excluding carboxylic acids is 4. The third-order valence-electron chi connectivity index (χ3n) is 10.8. The number of Topliss-reactive ketones (excluding diaryl/α,β-unsaturated/α-hetero) is 1. The van der Waals surface area contributed by atoms with Crippen LogP contribution in [0.5, 0.6) is 0 Å². The van der Waals surface area contributed by atoms with E-state index in [1.807, 2.05) is 51.2 Å². The van der Waals surface area contributed by atoms with Gasteiger partial charge in [0, 0.05) is 43.9 Å².